The number of amides is 2. The van der Waals surface area contributed by atoms with Crippen molar-refractivity contribution in [2.24, 2.45) is 17.3 Å². The Morgan fingerprint density at radius 3 is 2.50 bits per heavy atom. The molecule has 1 aromatic heterocycles. The van der Waals surface area contributed by atoms with Crippen LogP contribution >= 0.6 is 0 Å². The van der Waals surface area contributed by atoms with Gasteiger partial charge in [-0.3, -0.25) is 9.59 Å². The SMILES string of the molecule is CC(=O)N1C[C@H](C(=O)Nc2ccc(C)cc2C)[C@@H](c2nnc(CCC3CC3(C)C)n2C2CC2)C1. The first-order valence-electron chi connectivity index (χ1n) is 12.7. The molecule has 0 radical (unpaired) electrons. The number of likely N-dealkylation sites (tertiary alicyclic amines) is 1. The highest BCUT2D eigenvalue weighted by Gasteiger charge is 2.46. The first-order valence-corrected chi connectivity index (χ1v) is 12.7. The number of nitrogens with zero attached hydrogens (tertiary/aromatic N) is 4. The van der Waals surface area contributed by atoms with E-state index in [0.29, 0.717) is 24.5 Å². The van der Waals surface area contributed by atoms with Gasteiger partial charge in [0.2, 0.25) is 11.8 Å². The van der Waals surface area contributed by atoms with Crippen LogP contribution in [0.5, 0.6) is 0 Å². The van der Waals surface area contributed by atoms with Gasteiger partial charge in [0, 0.05) is 38.2 Å². The summed E-state index contributed by atoms with van der Waals surface area (Å²) in [5.41, 5.74) is 3.49. The van der Waals surface area contributed by atoms with Crippen LogP contribution in [-0.4, -0.2) is 44.6 Å². The molecule has 2 amide bonds. The number of anilines is 1. The van der Waals surface area contributed by atoms with Crippen LogP contribution in [0.3, 0.4) is 0 Å². The van der Waals surface area contributed by atoms with Gasteiger partial charge in [0.1, 0.15) is 11.6 Å². The zero-order chi connectivity index (χ0) is 24.2. The van der Waals surface area contributed by atoms with E-state index in [9.17, 15) is 9.59 Å². The fourth-order valence-corrected chi connectivity index (χ4v) is 5.63. The van der Waals surface area contributed by atoms with Gasteiger partial charge in [-0.05, 0) is 62.5 Å². The minimum absolute atomic E-state index is 0.000456. The minimum Gasteiger partial charge on any atom is -0.341 e. The predicted octanol–water partition coefficient (Wildman–Crippen LogP) is 4.41. The molecule has 2 saturated carbocycles. The van der Waals surface area contributed by atoms with Crippen molar-refractivity contribution in [3.05, 3.63) is 41.0 Å². The molecule has 0 bridgehead atoms. The predicted molar refractivity (Wildman–Crippen MR) is 132 cm³/mol. The second-order valence-corrected chi connectivity index (χ2v) is 11.4. The number of rotatable bonds is 7. The summed E-state index contributed by atoms with van der Waals surface area (Å²) in [6, 6.07) is 6.47. The van der Waals surface area contributed by atoms with Crippen molar-refractivity contribution < 1.29 is 9.59 Å². The molecule has 2 aromatic rings. The summed E-state index contributed by atoms with van der Waals surface area (Å²) < 4.78 is 2.32. The van der Waals surface area contributed by atoms with Crippen molar-refractivity contribution in [1.82, 2.24) is 19.7 Å². The normalized spacial score (nSPS) is 25.4. The van der Waals surface area contributed by atoms with E-state index in [1.54, 1.807) is 11.8 Å². The second kappa shape index (κ2) is 8.51. The van der Waals surface area contributed by atoms with Gasteiger partial charge in [-0.2, -0.15) is 0 Å². The lowest BCUT2D eigenvalue weighted by Gasteiger charge is -2.19. The van der Waals surface area contributed by atoms with Crippen molar-refractivity contribution in [1.29, 1.82) is 0 Å². The van der Waals surface area contributed by atoms with Crippen LogP contribution in [0, 0.1) is 31.1 Å². The van der Waals surface area contributed by atoms with E-state index in [1.165, 1.54) is 6.42 Å². The molecule has 2 heterocycles. The number of benzene rings is 1. The lowest BCUT2D eigenvalue weighted by molar-refractivity contribution is -0.128. The summed E-state index contributed by atoms with van der Waals surface area (Å²) in [7, 11) is 0. The quantitative estimate of drug-likeness (QED) is 0.660. The molecule has 7 heteroatoms. The molecule has 0 spiro atoms. The third kappa shape index (κ3) is 4.49. The molecule has 34 heavy (non-hydrogen) atoms. The Morgan fingerprint density at radius 1 is 1.15 bits per heavy atom. The van der Waals surface area contributed by atoms with Crippen LogP contribution in [0.15, 0.2) is 18.2 Å². The average Bonchev–Trinajstić information content (AvgIpc) is 3.59. The van der Waals surface area contributed by atoms with Gasteiger partial charge in [0.05, 0.1) is 11.8 Å². The van der Waals surface area contributed by atoms with Crippen LogP contribution in [0.4, 0.5) is 5.69 Å². The molecule has 1 aromatic carbocycles. The van der Waals surface area contributed by atoms with Gasteiger partial charge in [0.15, 0.2) is 0 Å². The molecule has 1 saturated heterocycles. The van der Waals surface area contributed by atoms with Crippen molar-refractivity contribution in [3.8, 4) is 0 Å². The number of aryl methyl sites for hydroxylation is 3. The highest BCUT2D eigenvalue weighted by Crippen LogP contribution is 2.54. The molecule has 3 aliphatic rings. The van der Waals surface area contributed by atoms with Crippen molar-refractivity contribution in [2.45, 2.75) is 78.7 Å². The van der Waals surface area contributed by atoms with Crippen molar-refractivity contribution in [3.63, 3.8) is 0 Å². The lowest BCUT2D eigenvalue weighted by atomic mass is 9.93. The average molecular weight is 464 g/mol. The standard InChI is InChI=1S/C27H37N5O2/c1-16-6-10-23(17(2)12-16)28-26(34)22-15-31(18(3)33)14-21(22)25-30-29-24(32(25)20-8-9-20)11-7-19-13-27(19,4)5/h6,10,12,19-22H,7-9,11,13-15H2,1-5H3,(H,28,34)/t19?,21-,22-/m0/s1. The molecule has 1 aliphatic heterocycles. The molecule has 3 atom stereocenters. The van der Waals surface area contributed by atoms with E-state index in [-0.39, 0.29) is 23.7 Å². The molecule has 5 rings (SSSR count). The number of carbonyl (C=O) groups is 2. The smallest absolute Gasteiger partial charge is 0.230 e. The zero-order valence-corrected chi connectivity index (χ0v) is 21.1. The Labute approximate surface area is 202 Å². The number of aromatic nitrogens is 3. The molecule has 7 nitrogen and oxygen atoms in total. The Bertz CT molecular complexity index is 1120. The first kappa shape index (κ1) is 23.1. The summed E-state index contributed by atoms with van der Waals surface area (Å²) in [6.45, 7) is 11.2. The molecular weight excluding hydrogens is 426 g/mol. The molecular formula is C27H37N5O2. The highest BCUT2D eigenvalue weighted by molar-refractivity contribution is 5.94. The van der Waals surface area contributed by atoms with Gasteiger partial charge in [-0.25, -0.2) is 0 Å². The maximum Gasteiger partial charge on any atom is 0.230 e. The van der Waals surface area contributed by atoms with Crippen molar-refractivity contribution in [2.75, 3.05) is 18.4 Å². The number of hydrogen-bond acceptors (Lipinski definition) is 4. The van der Waals surface area contributed by atoms with Crippen molar-refractivity contribution >= 4 is 17.5 Å². The van der Waals surface area contributed by atoms with Gasteiger partial charge in [-0.15, -0.1) is 10.2 Å². The number of nitrogens with one attached hydrogen (secondary N) is 1. The van der Waals surface area contributed by atoms with Crippen LogP contribution in [-0.2, 0) is 16.0 Å². The number of hydrogen-bond donors (Lipinski definition) is 1. The van der Waals surface area contributed by atoms with E-state index in [4.69, 9.17) is 0 Å². The fraction of sp³-hybridized carbons (Fsp3) is 0.630. The van der Waals surface area contributed by atoms with Crippen LogP contribution in [0.2, 0.25) is 0 Å². The van der Waals surface area contributed by atoms with Gasteiger partial charge in [0.25, 0.3) is 0 Å². The monoisotopic (exact) mass is 463 g/mol. The summed E-state index contributed by atoms with van der Waals surface area (Å²) in [6.07, 6.45) is 5.62. The number of carbonyl (C=O) groups excluding carboxylic acids is 2. The summed E-state index contributed by atoms with van der Waals surface area (Å²) in [4.78, 5) is 27.6. The van der Waals surface area contributed by atoms with E-state index in [2.05, 4.69) is 40.0 Å². The third-order valence-corrected chi connectivity index (χ3v) is 8.21. The molecule has 2 aliphatic carbocycles. The zero-order valence-electron chi connectivity index (χ0n) is 21.1. The topological polar surface area (TPSA) is 80.1 Å². The Morgan fingerprint density at radius 2 is 1.88 bits per heavy atom. The third-order valence-electron chi connectivity index (χ3n) is 8.21. The van der Waals surface area contributed by atoms with Crippen LogP contribution in [0.1, 0.15) is 81.2 Å². The lowest BCUT2D eigenvalue weighted by Crippen LogP contribution is -2.31. The maximum atomic E-state index is 13.5. The van der Waals surface area contributed by atoms with Crippen LogP contribution in [0.25, 0.3) is 0 Å². The molecule has 1 unspecified atom stereocenters. The molecule has 1 N–H and O–H groups in total. The Kier molecular flexibility index (Phi) is 5.77. The van der Waals surface area contributed by atoms with E-state index in [1.807, 2.05) is 26.0 Å². The fourth-order valence-electron chi connectivity index (χ4n) is 5.63. The Hall–Kier alpha value is -2.70. The maximum absolute atomic E-state index is 13.5. The highest BCUT2D eigenvalue weighted by atomic mass is 16.2. The molecule has 3 fully saturated rings. The van der Waals surface area contributed by atoms with Crippen LogP contribution < -0.4 is 5.32 Å². The first-order chi connectivity index (χ1) is 16.1. The minimum atomic E-state index is -0.346. The van der Waals surface area contributed by atoms with E-state index >= 15 is 0 Å². The molecule has 182 valence electrons. The van der Waals surface area contributed by atoms with Gasteiger partial charge in [-0.1, -0.05) is 31.5 Å². The largest absolute Gasteiger partial charge is 0.341 e. The van der Waals surface area contributed by atoms with E-state index < -0.39 is 0 Å². The van der Waals surface area contributed by atoms with Gasteiger partial charge < -0.3 is 14.8 Å². The van der Waals surface area contributed by atoms with E-state index in [0.717, 1.165) is 60.1 Å². The summed E-state index contributed by atoms with van der Waals surface area (Å²) in [5, 5.41) is 12.4. The second-order valence-electron chi connectivity index (χ2n) is 11.4. The van der Waals surface area contributed by atoms with Gasteiger partial charge >= 0.3 is 0 Å². The summed E-state index contributed by atoms with van der Waals surface area (Å²) >= 11 is 0. The Balaban J connectivity index is 1.40. The summed E-state index contributed by atoms with van der Waals surface area (Å²) in [5.74, 6) is 2.16.